The molecule has 2 aromatic rings. The fraction of sp³-hybridized carbons (Fsp3) is 0.545. The van der Waals surface area contributed by atoms with Gasteiger partial charge in [-0.15, -0.1) is 0 Å². The number of aliphatic carboxylic acids is 1. The molecule has 0 fully saturated rings. The Labute approximate surface area is 252 Å². The van der Waals surface area contributed by atoms with Crippen molar-refractivity contribution in [2.24, 2.45) is 5.92 Å². The average molecular weight is 600 g/mol. The van der Waals surface area contributed by atoms with E-state index in [9.17, 15) is 14.4 Å². The van der Waals surface area contributed by atoms with Crippen molar-refractivity contribution in [3.05, 3.63) is 59.2 Å². The Bertz CT molecular complexity index is 1180. The van der Waals surface area contributed by atoms with Gasteiger partial charge in [-0.2, -0.15) is 0 Å². The van der Waals surface area contributed by atoms with Gasteiger partial charge >= 0.3 is 5.97 Å². The number of carboxylic acids is 1. The molecule has 0 heterocycles. The van der Waals surface area contributed by atoms with E-state index in [1.54, 1.807) is 14.2 Å². The highest BCUT2D eigenvalue weighted by atomic mass is 28.4. The highest BCUT2D eigenvalue weighted by molar-refractivity contribution is 6.74. The van der Waals surface area contributed by atoms with Crippen molar-refractivity contribution < 1.29 is 33.4 Å². The van der Waals surface area contributed by atoms with E-state index in [1.807, 2.05) is 37.3 Å². The molecule has 232 valence electrons. The fourth-order valence-corrected chi connectivity index (χ4v) is 6.01. The first kappa shape index (κ1) is 35.0. The van der Waals surface area contributed by atoms with Crippen LogP contribution in [-0.2, 0) is 25.2 Å². The summed E-state index contributed by atoms with van der Waals surface area (Å²) in [6, 6.07) is 13.2. The summed E-state index contributed by atoms with van der Waals surface area (Å²) in [5.74, 6) is -0.965. The number of hydrogen-bond donors (Lipinski definition) is 2. The molecule has 0 aliphatic carbocycles. The number of benzene rings is 2. The number of nitrogens with one attached hydrogen (secondary N) is 1. The summed E-state index contributed by atoms with van der Waals surface area (Å²) >= 11 is 0. The number of ketones is 1. The number of methoxy groups -OCH3 is 2. The summed E-state index contributed by atoms with van der Waals surface area (Å²) in [5, 5.41) is 11.7. The van der Waals surface area contributed by atoms with E-state index < -0.39 is 38.6 Å². The molecule has 1 amide bonds. The van der Waals surface area contributed by atoms with Crippen molar-refractivity contribution in [3.8, 4) is 11.5 Å². The molecular weight excluding hydrogens is 550 g/mol. The molecule has 9 heteroatoms. The summed E-state index contributed by atoms with van der Waals surface area (Å²) in [4.78, 5) is 36.7. The predicted molar refractivity (Wildman–Crippen MR) is 168 cm³/mol. The average Bonchev–Trinajstić information content (AvgIpc) is 2.91. The standard InChI is InChI=1S/C33H49NO7Si/c1-22-28(39-6)18-26(19-29(22)40-7)32(41-42(8,9)33(3,4)5)25(17-13-16-24-14-11-10-12-15-24)20-30(36)34-23(2)27(35)21-31(37)38/h10-12,14-15,18-19,23,25,32H,13,16-17,20-21H2,1-9H3,(H,34,36)(H,37,38)/t23?,25-,32?/m0/s1. The summed E-state index contributed by atoms with van der Waals surface area (Å²) in [6.45, 7) is 14.4. The molecule has 3 atom stereocenters. The van der Waals surface area contributed by atoms with E-state index in [1.165, 1.54) is 12.5 Å². The maximum atomic E-state index is 13.4. The van der Waals surface area contributed by atoms with Crippen LogP contribution in [0.1, 0.15) is 76.2 Å². The Morgan fingerprint density at radius 3 is 2.07 bits per heavy atom. The van der Waals surface area contributed by atoms with Crippen LogP contribution in [0.3, 0.4) is 0 Å². The number of carbonyl (C=O) groups is 3. The first-order valence-corrected chi connectivity index (χ1v) is 17.5. The molecule has 8 nitrogen and oxygen atoms in total. The number of amides is 1. The van der Waals surface area contributed by atoms with Gasteiger partial charge in [0.05, 0.1) is 26.4 Å². The summed E-state index contributed by atoms with van der Waals surface area (Å²) < 4.78 is 18.5. The van der Waals surface area contributed by atoms with Crippen LogP contribution in [0.5, 0.6) is 11.5 Å². The highest BCUT2D eigenvalue weighted by Crippen LogP contribution is 2.45. The number of Topliss-reactive ketones (excluding diaryl/α,β-unsaturated/α-hetero) is 1. The second-order valence-corrected chi connectivity index (χ2v) is 17.3. The maximum absolute atomic E-state index is 13.4. The number of carboxylic acid groups (broad SMARTS) is 1. The van der Waals surface area contributed by atoms with Gasteiger partial charge in [-0.1, -0.05) is 51.1 Å². The summed E-state index contributed by atoms with van der Waals surface area (Å²) in [5.41, 5.74) is 2.96. The quantitative estimate of drug-likeness (QED) is 0.164. The van der Waals surface area contributed by atoms with Crippen LogP contribution in [0.15, 0.2) is 42.5 Å². The van der Waals surface area contributed by atoms with Crippen LogP contribution in [0.4, 0.5) is 0 Å². The zero-order valence-corrected chi connectivity index (χ0v) is 27.7. The van der Waals surface area contributed by atoms with E-state index in [-0.39, 0.29) is 23.3 Å². The molecule has 0 bridgehead atoms. The van der Waals surface area contributed by atoms with Gasteiger partial charge in [-0.25, -0.2) is 0 Å². The van der Waals surface area contributed by atoms with Gasteiger partial charge in [0, 0.05) is 12.0 Å². The molecule has 2 unspecified atom stereocenters. The van der Waals surface area contributed by atoms with E-state index in [2.05, 4.69) is 51.3 Å². The Balaban J connectivity index is 2.52. The van der Waals surface area contributed by atoms with E-state index in [4.69, 9.17) is 19.0 Å². The molecule has 0 saturated heterocycles. The number of rotatable bonds is 16. The molecule has 0 aliphatic rings. The van der Waals surface area contributed by atoms with Gasteiger partial charge in [0.1, 0.15) is 17.9 Å². The second-order valence-electron chi connectivity index (χ2n) is 12.5. The van der Waals surface area contributed by atoms with Gasteiger partial charge in [0.15, 0.2) is 14.1 Å². The lowest BCUT2D eigenvalue weighted by Crippen LogP contribution is -2.44. The lowest BCUT2D eigenvalue weighted by Gasteiger charge is -2.42. The van der Waals surface area contributed by atoms with Crippen molar-refractivity contribution >= 4 is 26.0 Å². The van der Waals surface area contributed by atoms with Gasteiger partial charge in [0.2, 0.25) is 5.91 Å². The van der Waals surface area contributed by atoms with Crippen molar-refractivity contribution in [2.75, 3.05) is 14.2 Å². The van der Waals surface area contributed by atoms with E-state index in [0.29, 0.717) is 17.9 Å². The monoisotopic (exact) mass is 599 g/mol. The highest BCUT2D eigenvalue weighted by Gasteiger charge is 2.42. The molecule has 2 N–H and O–H groups in total. The minimum Gasteiger partial charge on any atom is -0.496 e. The van der Waals surface area contributed by atoms with Gasteiger partial charge in [-0.05, 0) is 80.4 Å². The Hall–Kier alpha value is -3.17. The SMILES string of the molecule is COc1cc(C(O[Si](C)(C)C(C)(C)C)[C@@H](CCCc2ccccc2)CC(=O)NC(C)C(=O)CC(=O)O)cc(OC)c1C. The molecule has 2 rings (SSSR count). The molecule has 0 saturated carbocycles. The molecule has 0 spiro atoms. The molecule has 0 aliphatic heterocycles. The lowest BCUT2D eigenvalue weighted by atomic mass is 9.87. The molecule has 42 heavy (non-hydrogen) atoms. The Morgan fingerprint density at radius 2 is 1.57 bits per heavy atom. The molecule has 0 radical (unpaired) electrons. The van der Waals surface area contributed by atoms with Crippen molar-refractivity contribution in [2.45, 2.75) is 97.0 Å². The van der Waals surface area contributed by atoms with Crippen LogP contribution in [0, 0.1) is 12.8 Å². The predicted octanol–water partition coefficient (Wildman–Crippen LogP) is 6.65. The van der Waals surface area contributed by atoms with E-state index >= 15 is 0 Å². The fourth-order valence-electron chi connectivity index (χ4n) is 4.70. The minimum absolute atomic E-state index is 0.0846. The summed E-state index contributed by atoms with van der Waals surface area (Å²) in [6.07, 6.45) is 1.39. The van der Waals surface area contributed by atoms with Crippen LogP contribution in [-0.4, -0.2) is 51.3 Å². The third-order valence-corrected chi connectivity index (χ3v) is 12.7. The maximum Gasteiger partial charge on any atom is 0.310 e. The zero-order chi connectivity index (χ0) is 31.7. The normalized spacial score (nSPS) is 14.0. The Morgan fingerprint density at radius 1 is 1.00 bits per heavy atom. The topological polar surface area (TPSA) is 111 Å². The largest absolute Gasteiger partial charge is 0.496 e. The van der Waals surface area contributed by atoms with Crippen molar-refractivity contribution in [1.82, 2.24) is 5.32 Å². The van der Waals surface area contributed by atoms with Crippen LogP contribution < -0.4 is 14.8 Å². The van der Waals surface area contributed by atoms with Crippen LogP contribution in [0.2, 0.25) is 18.1 Å². The third kappa shape index (κ3) is 9.98. The van der Waals surface area contributed by atoms with Crippen LogP contribution in [0.25, 0.3) is 0 Å². The second kappa shape index (κ2) is 15.3. The van der Waals surface area contributed by atoms with Gasteiger partial charge in [-0.3, -0.25) is 14.4 Å². The summed E-state index contributed by atoms with van der Waals surface area (Å²) in [7, 11) is 0.904. The van der Waals surface area contributed by atoms with Crippen molar-refractivity contribution in [3.63, 3.8) is 0 Å². The van der Waals surface area contributed by atoms with E-state index in [0.717, 1.165) is 24.0 Å². The van der Waals surface area contributed by atoms with Gasteiger partial charge in [0.25, 0.3) is 0 Å². The number of hydrogen-bond acceptors (Lipinski definition) is 6. The van der Waals surface area contributed by atoms with Gasteiger partial charge < -0.3 is 24.3 Å². The number of carbonyl (C=O) groups excluding carboxylic acids is 2. The minimum atomic E-state index is -2.34. The Kier molecular flexibility index (Phi) is 12.8. The molecular formula is C33H49NO7Si. The lowest BCUT2D eigenvalue weighted by molar-refractivity contribution is -0.141. The smallest absolute Gasteiger partial charge is 0.310 e. The third-order valence-electron chi connectivity index (χ3n) is 8.28. The molecule has 2 aromatic carbocycles. The zero-order valence-electron chi connectivity index (χ0n) is 26.7. The first-order chi connectivity index (χ1) is 19.6. The number of ether oxygens (including phenoxy) is 2. The number of aryl methyl sites for hydroxylation is 1. The van der Waals surface area contributed by atoms with Crippen molar-refractivity contribution in [1.29, 1.82) is 0 Å². The van der Waals surface area contributed by atoms with Crippen LogP contribution >= 0.6 is 0 Å². The first-order valence-electron chi connectivity index (χ1n) is 14.6. The molecule has 0 aromatic heterocycles.